The lowest BCUT2D eigenvalue weighted by Crippen LogP contribution is -2.32. The van der Waals surface area contributed by atoms with E-state index in [4.69, 9.17) is 9.47 Å². The highest BCUT2D eigenvalue weighted by Crippen LogP contribution is 2.39. The molecule has 1 N–H and O–H groups in total. The lowest BCUT2D eigenvalue weighted by molar-refractivity contribution is -0.141. The number of alkyl halides is 3. The fourth-order valence-electron chi connectivity index (χ4n) is 4.07. The zero-order valence-electron chi connectivity index (χ0n) is 19.5. The van der Waals surface area contributed by atoms with Crippen molar-refractivity contribution < 1.29 is 27.4 Å². The monoisotopic (exact) mass is 504 g/mol. The Bertz CT molecular complexity index is 1310. The second-order valence-corrected chi connectivity index (χ2v) is 9.26. The van der Waals surface area contributed by atoms with Crippen molar-refractivity contribution in [3.05, 3.63) is 80.3 Å². The summed E-state index contributed by atoms with van der Waals surface area (Å²) >= 11 is 0.988. The number of hydrogen-bond donors (Lipinski definition) is 1. The van der Waals surface area contributed by atoms with E-state index in [2.05, 4.69) is 0 Å². The van der Waals surface area contributed by atoms with E-state index in [1.165, 1.54) is 19.1 Å². The van der Waals surface area contributed by atoms with Gasteiger partial charge >= 0.3 is 6.18 Å². The number of aromatic amines is 1. The normalized spacial score (nSPS) is 13.1. The van der Waals surface area contributed by atoms with Gasteiger partial charge in [-0.3, -0.25) is 9.59 Å². The molecular formula is C25H23F3N2O4S. The third-order valence-electron chi connectivity index (χ3n) is 5.85. The first-order valence-corrected chi connectivity index (χ1v) is 11.5. The van der Waals surface area contributed by atoms with Crippen molar-refractivity contribution in [1.82, 2.24) is 9.88 Å². The van der Waals surface area contributed by atoms with Gasteiger partial charge in [0.15, 0.2) is 11.5 Å². The molecule has 1 aliphatic rings. The number of carbonyl (C=O) groups is 1. The smallest absolute Gasteiger partial charge is 0.431 e. The number of carbonyl (C=O) groups excluding carboxylic acids is 1. The van der Waals surface area contributed by atoms with Gasteiger partial charge in [0, 0.05) is 22.9 Å². The fraction of sp³-hybridized carbons (Fsp3) is 0.280. The highest BCUT2D eigenvalue weighted by atomic mass is 32.2. The third-order valence-corrected chi connectivity index (χ3v) is 7.24. The summed E-state index contributed by atoms with van der Waals surface area (Å²) < 4.78 is 51.1. The first-order valence-electron chi connectivity index (χ1n) is 10.6. The molecule has 1 amide bonds. The largest absolute Gasteiger partial charge is 0.493 e. The van der Waals surface area contributed by atoms with Crippen molar-refractivity contribution >= 4 is 17.7 Å². The Hall–Kier alpha value is -3.40. The molecule has 35 heavy (non-hydrogen) atoms. The molecule has 0 saturated heterocycles. The minimum Gasteiger partial charge on any atom is -0.493 e. The maximum absolute atomic E-state index is 13.5. The van der Waals surface area contributed by atoms with Crippen LogP contribution in [0.3, 0.4) is 0 Å². The molecular weight excluding hydrogens is 481 g/mol. The number of nitrogens with zero attached hydrogens (tertiary/aromatic N) is 1. The zero-order chi connectivity index (χ0) is 25.5. The number of aryl methyl sites for hydroxylation is 2. The molecule has 6 nitrogen and oxygen atoms in total. The van der Waals surface area contributed by atoms with Gasteiger partial charge in [0.05, 0.1) is 14.2 Å². The number of hydrogen-bond acceptors (Lipinski definition) is 5. The maximum Gasteiger partial charge on any atom is 0.431 e. The molecule has 4 rings (SSSR count). The number of ether oxygens (including phenoxy) is 2. The first kappa shape index (κ1) is 24.7. The molecule has 0 aliphatic carbocycles. The Kier molecular flexibility index (Phi) is 6.59. The summed E-state index contributed by atoms with van der Waals surface area (Å²) in [5, 5.41) is 0. The van der Waals surface area contributed by atoms with Crippen LogP contribution < -0.4 is 15.0 Å². The van der Waals surface area contributed by atoms with Crippen molar-refractivity contribution in [2.24, 2.45) is 0 Å². The molecule has 3 aromatic rings. The molecule has 0 bridgehead atoms. The standard InChI is InChI=1S/C25H23F3N2O4S/c1-13-6-5-7-14(2)22(13)35-19-10-20(25(26,27)28)29-23(31)21(19)24(32)30-11-15-8-17(33-3)18(34-4)9-16(15)12-30/h5-10H,11-12H2,1-4H3,(H,29,31). The SMILES string of the molecule is COc1cc2c(cc1OC)CN(C(=O)c1c(Sc3c(C)cccc3C)cc(C(F)(F)F)[nH]c1=O)C2. The van der Waals surface area contributed by atoms with Gasteiger partial charge in [0.1, 0.15) is 11.3 Å². The summed E-state index contributed by atoms with van der Waals surface area (Å²) in [7, 11) is 3.00. The van der Waals surface area contributed by atoms with Crippen molar-refractivity contribution in [3.63, 3.8) is 0 Å². The Labute approximate surface area is 204 Å². The van der Waals surface area contributed by atoms with Gasteiger partial charge in [-0.25, -0.2) is 0 Å². The number of nitrogens with one attached hydrogen (secondary N) is 1. The molecule has 1 aromatic heterocycles. The van der Waals surface area contributed by atoms with Gasteiger partial charge in [-0.05, 0) is 54.3 Å². The Balaban J connectivity index is 1.77. The molecule has 2 heterocycles. The number of aromatic nitrogens is 1. The number of halogens is 3. The molecule has 0 fully saturated rings. The zero-order valence-corrected chi connectivity index (χ0v) is 20.3. The number of benzene rings is 2. The molecule has 0 spiro atoms. The van der Waals surface area contributed by atoms with Gasteiger partial charge in [-0.15, -0.1) is 0 Å². The molecule has 0 saturated carbocycles. The first-order chi connectivity index (χ1) is 16.5. The number of fused-ring (bicyclic) bond motifs is 1. The predicted molar refractivity (Wildman–Crippen MR) is 125 cm³/mol. The average molecular weight is 505 g/mol. The maximum atomic E-state index is 13.5. The molecule has 0 radical (unpaired) electrons. The van der Waals surface area contributed by atoms with Crippen LogP contribution in [0, 0.1) is 13.8 Å². The van der Waals surface area contributed by atoms with Crippen LogP contribution in [0.5, 0.6) is 11.5 Å². The quantitative estimate of drug-likeness (QED) is 0.508. The van der Waals surface area contributed by atoms with Crippen molar-refractivity contribution in [2.75, 3.05) is 14.2 Å². The molecule has 10 heteroatoms. The fourth-order valence-corrected chi connectivity index (χ4v) is 5.21. The number of methoxy groups -OCH3 is 2. The molecule has 2 aromatic carbocycles. The summed E-state index contributed by atoms with van der Waals surface area (Å²) in [4.78, 5) is 30.3. The average Bonchev–Trinajstić information content (AvgIpc) is 3.22. The summed E-state index contributed by atoms with van der Waals surface area (Å²) in [6.07, 6.45) is -4.77. The van der Waals surface area contributed by atoms with E-state index in [0.717, 1.165) is 40.1 Å². The highest BCUT2D eigenvalue weighted by molar-refractivity contribution is 7.99. The predicted octanol–water partition coefficient (Wildman–Crippen LogP) is 5.33. The van der Waals surface area contributed by atoms with E-state index >= 15 is 0 Å². The lowest BCUT2D eigenvalue weighted by Gasteiger charge is -2.19. The lowest BCUT2D eigenvalue weighted by atomic mass is 10.1. The second kappa shape index (κ2) is 9.33. The van der Waals surface area contributed by atoms with Gasteiger partial charge < -0.3 is 19.4 Å². The second-order valence-electron chi connectivity index (χ2n) is 8.21. The number of amides is 1. The van der Waals surface area contributed by atoms with E-state index in [9.17, 15) is 22.8 Å². The van der Waals surface area contributed by atoms with Crippen molar-refractivity contribution in [2.45, 2.75) is 42.9 Å². The summed E-state index contributed by atoms with van der Waals surface area (Å²) in [6, 6.07) is 9.83. The molecule has 0 atom stereocenters. The van der Waals surface area contributed by atoms with E-state index in [-0.39, 0.29) is 23.5 Å². The van der Waals surface area contributed by atoms with Gasteiger partial charge in [-0.2, -0.15) is 13.2 Å². The van der Waals surface area contributed by atoms with Crippen LogP contribution in [0.2, 0.25) is 0 Å². The number of pyridine rings is 1. The van der Waals surface area contributed by atoms with Crippen LogP contribution in [0.25, 0.3) is 0 Å². The van der Waals surface area contributed by atoms with Crippen LogP contribution in [-0.2, 0) is 19.3 Å². The topological polar surface area (TPSA) is 71.6 Å². The highest BCUT2D eigenvalue weighted by Gasteiger charge is 2.36. The van der Waals surface area contributed by atoms with Gasteiger partial charge in [-0.1, -0.05) is 30.0 Å². The Morgan fingerprint density at radius 2 is 1.54 bits per heavy atom. The summed E-state index contributed by atoms with van der Waals surface area (Å²) in [5.41, 5.74) is 0.672. The van der Waals surface area contributed by atoms with Crippen molar-refractivity contribution in [3.8, 4) is 11.5 Å². The van der Waals surface area contributed by atoms with Gasteiger partial charge in [0.2, 0.25) is 0 Å². The van der Waals surface area contributed by atoms with Gasteiger partial charge in [0.25, 0.3) is 11.5 Å². The van der Waals surface area contributed by atoms with E-state index < -0.39 is 23.3 Å². The number of rotatable bonds is 5. The Morgan fingerprint density at radius 3 is 2.03 bits per heavy atom. The van der Waals surface area contributed by atoms with Crippen molar-refractivity contribution in [1.29, 1.82) is 0 Å². The summed E-state index contributed by atoms with van der Waals surface area (Å²) in [6.45, 7) is 4.02. The number of H-pyrrole nitrogens is 1. The third kappa shape index (κ3) is 4.75. The van der Waals surface area contributed by atoms with Crippen LogP contribution in [0.15, 0.2) is 51.0 Å². The molecule has 184 valence electrons. The molecule has 1 aliphatic heterocycles. The summed E-state index contributed by atoms with van der Waals surface area (Å²) in [5.74, 6) is 0.348. The molecule has 0 unspecified atom stereocenters. The minimum atomic E-state index is -4.77. The minimum absolute atomic E-state index is 0.0467. The van der Waals surface area contributed by atoms with Crippen LogP contribution in [0.1, 0.15) is 38.3 Å². The Morgan fingerprint density at radius 1 is 1.00 bits per heavy atom. The van der Waals surface area contributed by atoms with E-state index in [0.29, 0.717) is 16.4 Å². The van der Waals surface area contributed by atoms with E-state index in [1.54, 1.807) is 12.1 Å². The van der Waals surface area contributed by atoms with Crippen LogP contribution in [0.4, 0.5) is 13.2 Å². The van der Waals surface area contributed by atoms with E-state index in [1.807, 2.05) is 37.0 Å². The van der Waals surface area contributed by atoms with Crippen LogP contribution >= 0.6 is 11.8 Å². The van der Waals surface area contributed by atoms with Crippen LogP contribution in [-0.4, -0.2) is 30.0 Å².